The minimum atomic E-state index is -4.41. The van der Waals surface area contributed by atoms with Crippen molar-refractivity contribution in [1.29, 1.82) is 0 Å². The fourth-order valence-corrected chi connectivity index (χ4v) is 1.81. The van der Waals surface area contributed by atoms with Crippen molar-refractivity contribution in [3.63, 3.8) is 0 Å². The van der Waals surface area contributed by atoms with E-state index in [0.717, 1.165) is 25.2 Å². The number of alkyl halides is 3. The lowest BCUT2D eigenvalue weighted by molar-refractivity contribution is -0.137. The summed E-state index contributed by atoms with van der Waals surface area (Å²) in [6.07, 6.45) is -4.17. The second-order valence-corrected chi connectivity index (χ2v) is 4.28. The van der Waals surface area contributed by atoms with E-state index in [1.807, 2.05) is 13.8 Å². The Morgan fingerprint density at radius 3 is 2.37 bits per heavy atom. The number of carbonyl (C=O) groups excluding carboxylic acids is 1. The maximum Gasteiger partial charge on any atom is 0.416 e. The van der Waals surface area contributed by atoms with Crippen LogP contribution in [0.1, 0.15) is 36.2 Å². The summed E-state index contributed by atoms with van der Waals surface area (Å²) in [6.45, 7) is 6.19. The first-order valence-electron chi connectivity index (χ1n) is 6.31. The molecule has 0 spiro atoms. The molecule has 0 radical (unpaired) electrons. The maximum atomic E-state index is 12.5. The lowest BCUT2D eigenvalue weighted by Crippen LogP contribution is -2.25. The van der Waals surface area contributed by atoms with Crippen molar-refractivity contribution in [2.24, 2.45) is 0 Å². The van der Waals surface area contributed by atoms with Gasteiger partial charge in [-0.25, -0.2) is 0 Å². The number of halogens is 3. The molecule has 1 rings (SSSR count). The van der Waals surface area contributed by atoms with Crippen LogP contribution in [0.3, 0.4) is 0 Å². The highest BCUT2D eigenvalue weighted by Crippen LogP contribution is 2.29. The Balaban J connectivity index is 2.72. The van der Waals surface area contributed by atoms with Crippen molar-refractivity contribution in [2.75, 3.05) is 19.6 Å². The molecule has 0 bridgehead atoms. The topological polar surface area (TPSA) is 20.3 Å². The molecule has 5 heteroatoms. The van der Waals surface area contributed by atoms with Gasteiger partial charge in [-0.05, 0) is 25.2 Å². The maximum absolute atomic E-state index is 12.5. The first-order chi connectivity index (χ1) is 8.88. The molecule has 19 heavy (non-hydrogen) atoms. The second-order valence-electron chi connectivity index (χ2n) is 4.28. The summed E-state index contributed by atoms with van der Waals surface area (Å²) in [5.41, 5.74) is -0.650. The van der Waals surface area contributed by atoms with Gasteiger partial charge in [0.25, 0.3) is 0 Å². The molecule has 106 valence electrons. The highest BCUT2D eigenvalue weighted by Gasteiger charge is 2.30. The predicted molar refractivity (Wildman–Crippen MR) is 68.2 cm³/mol. The zero-order chi connectivity index (χ0) is 14.5. The van der Waals surface area contributed by atoms with E-state index in [9.17, 15) is 18.0 Å². The smallest absolute Gasteiger partial charge is 0.303 e. The molecule has 1 aromatic carbocycles. The lowest BCUT2D eigenvalue weighted by atomic mass is 10.0. The van der Waals surface area contributed by atoms with E-state index in [1.165, 1.54) is 12.1 Å². The summed E-state index contributed by atoms with van der Waals surface area (Å²) in [4.78, 5) is 13.9. The average molecular weight is 273 g/mol. The Labute approximate surface area is 111 Å². The van der Waals surface area contributed by atoms with Crippen LogP contribution >= 0.6 is 0 Å². The number of rotatable bonds is 6. The lowest BCUT2D eigenvalue weighted by Gasteiger charge is -2.17. The minimum absolute atomic E-state index is 0.127. The van der Waals surface area contributed by atoms with Gasteiger partial charge in [0, 0.05) is 18.5 Å². The Hall–Kier alpha value is -1.36. The first-order valence-corrected chi connectivity index (χ1v) is 6.31. The van der Waals surface area contributed by atoms with Gasteiger partial charge < -0.3 is 4.90 Å². The summed E-state index contributed by atoms with van der Waals surface area (Å²) in [5.74, 6) is -0.252. The van der Waals surface area contributed by atoms with E-state index >= 15 is 0 Å². The molecular weight excluding hydrogens is 255 g/mol. The molecule has 1 aromatic rings. The fourth-order valence-electron chi connectivity index (χ4n) is 1.81. The summed E-state index contributed by atoms with van der Waals surface area (Å²) in [6, 6.07) is 4.60. The SMILES string of the molecule is CCN(CC)CCC(=O)c1cccc(C(F)(F)F)c1. The molecule has 0 unspecified atom stereocenters. The number of benzene rings is 1. The molecule has 0 aromatic heterocycles. The molecule has 0 fully saturated rings. The van der Waals surface area contributed by atoms with E-state index in [1.54, 1.807) is 0 Å². The second kappa shape index (κ2) is 6.70. The number of hydrogen-bond donors (Lipinski definition) is 0. The van der Waals surface area contributed by atoms with Gasteiger partial charge >= 0.3 is 6.18 Å². The normalized spacial score (nSPS) is 11.9. The molecule has 0 heterocycles. The quantitative estimate of drug-likeness (QED) is 0.738. The fraction of sp³-hybridized carbons (Fsp3) is 0.500. The van der Waals surface area contributed by atoms with Gasteiger partial charge in [-0.1, -0.05) is 26.0 Å². The zero-order valence-corrected chi connectivity index (χ0v) is 11.1. The zero-order valence-electron chi connectivity index (χ0n) is 11.1. The molecule has 0 aliphatic carbocycles. The molecule has 0 saturated heterocycles. The van der Waals surface area contributed by atoms with Gasteiger partial charge in [-0.2, -0.15) is 13.2 Å². The number of Topliss-reactive ketones (excluding diaryl/α,β-unsaturated/α-hetero) is 1. The van der Waals surface area contributed by atoms with Crippen molar-refractivity contribution in [3.8, 4) is 0 Å². The highest BCUT2D eigenvalue weighted by atomic mass is 19.4. The molecular formula is C14H18F3NO. The van der Waals surface area contributed by atoms with Crippen LogP contribution in [0.4, 0.5) is 13.2 Å². The standard InChI is InChI=1S/C14H18F3NO/c1-3-18(4-2)9-8-13(19)11-6-5-7-12(10-11)14(15,16)17/h5-7,10H,3-4,8-9H2,1-2H3. The minimum Gasteiger partial charge on any atom is -0.303 e. The molecule has 0 amide bonds. The van der Waals surface area contributed by atoms with E-state index in [2.05, 4.69) is 4.90 Å². The Morgan fingerprint density at radius 2 is 1.84 bits per heavy atom. The van der Waals surface area contributed by atoms with E-state index in [0.29, 0.717) is 6.54 Å². The predicted octanol–water partition coefficient (Wildman–Crippen LogP) is 3.62. The van der Waals surface area contributed by atoms with Gasteiger partial charge in [0.05, 0.1) is 5.56 Å². The van der Waals surface area contributed by atoms with Crippen LogP contribution < -0.4 is 0 Å². The number of ketones is 1. The monoisotopic (exact) mass is 273 g/mol. The van der Waals surface area contributed by atoms with Crippen molar-refractivity contribution < 1.29 is 18.0 Å². The van der Waals surface area contributed by atoms with Crippen molar-refractivity contribution in [2.45, 2.75) is 26.4 Å². The van der Waals surface area contributed by atoms with Crippen molar-refractivity contribution in [3.05, 3.63) is 35.4 Å². The summed E-state index contributed by atoms with van der Waals surface area (Å²) in [7, 11) is 0. The molecule has 2 nitrogen and oxygen atoms in total. The summed E-state index contributed by atoms with van der Waals surface area (Å²) < 4.78 is 37.6. The highest BCUT2D eigenvalue weighted by molar-refractivity contribution is 5.96. The van der Waals surface area contributed by atoms with Crippen LogP contribution in [0.25, 0.3) is 0 Å². The van der Waals surface area contributed by atoms with Crippen LogP contribution in [0.5, 0.6) is 0 Å². The Morgan fingerprint density at radius 1 is 1.21 bits per heavy atom. The van der Waals surface area contributed by atoms with Crippen molar-refractivity contribution >= 4 is 5.78 Å². The number of hydrogen-bond acceptors (Lipinski definition) is 2. The largest absolute Gasteiger partial charge is 0.416 e. The van der Waals surface area contributed by atoms with Crippen LogP contribution in [0.15, 0.2) is 24.3 Å². The van der Waals surface area contributed by atoms with Gasteiger partial charge in [0.2, 0.25) is 0 Å². The third-order valence-electron chi connectivity index (χ3n) is 3.06. The van der Waals surface area contributed by atoms with Gasteiger partial charge in [0.15, 0.2) is 5.78 Å². The Bertz CT molecular complexity index is 425. The van der Waals surface area contributed by atoms with Crippen LogP contribution in [0.2, 0.25) is 0 Å². The number of carbonyl (C=O) groups is 1. The molecule has 0 N–H and O–H groups in total. The summed E-state index contributed by atoms with van der Waals surface area (Å²) >= 11 is 0. The van der Waals surface area contributed by atoms with E-state index < -0.39 is 11.7 Å². The van der Waals surface area contributed by atoms with Gasteiger partial charge in [-0.3, -0.25) is 4.79 Å². The van der Waals surface area contributed by atoms with Gasteiger partial charge in [0.1, 0.15) is 0 Å². The van der Waals surface area contributed by atoms with E-state index in [-0.39, 0.29) is 17.8 Å². The molecule has 0 saturated carbocycles. The van der Waals surface area contributed by atoms with Crippen LogP contribution in [-0.2, 0) is 6.18 Å². The molecule has 0 aliphatic heterocycles. The van der Waals surface area contributed by atoms with E-state index in [4.69, 9.17) is 0 Å². The third-order valence-corrected chi connectivity index (χ3v) is 3.06. The summed E-state index contributed by atoms with van der Waals surface area (Å²) in [5, 5.41) is 0. The Kier molecular flexibility index (Phi) is 5.54. The van der Waals surface area contributed by atoms with Crippen LogP contribution in [0, 0.1) is 0 Å². The van der Waals surface area contributed by atoms with Gasteiger partial charge in [-0.15, -0.1) is 0 Å². The first kappa shape index (κ1) is 15.7. The molecule has 0 atom stereocenters. The average Bonchev–Trinajstić information content (AvgIpc) is 2.39. The third kappa shape index (κ3) is 4.67. The molecule has 0 aliphatic rings. The number of nitrogens with zero attached hydrogens (tertiary/aromatic N) is 1. The van der Waals surface area contributed by atoms with Crippen LogP contribution in [-0.4, -0.2) is 30.3 Å². The van der Waals surface area contributed by atoms with Crippen molar-refractivity contribution in [1.82, 2.24) is 4.90 Å².